The van der Waals surface area contributed by atoms with Gasteiger partial charge in [-0.05, 0) is 39.8 Å². The zero-order valence-electron chi connectivity index (χ0n) is 12.0. The number of hydrogen-bond donors (Lipinski definition) is 2. The van der Waals surface area contributed by atoms with Gasteiger partial charge in [-0.2, -0.15) is 0 Å². The molecule has 0 bridgehead atoms. The Balaban J connectivity index is 3.00. The molecule has 0 saturated carbocycles. The Morgan fingerprint density at radius 1 is 1.32 bits per heavy atom. The van der Waals surface area contributed by atoms with Gasteiger partial charge in [-0.25, -0.2) is 4.39 Å². The molecule has 5 heteroatoms. The Kier molecular flexibility index (Phi) is 4.20. The summed E-state index contributed by atoms with van der Waals surface area (Å²) < 4.78 is 18.7. The van der Waals surface area contributed by atoms with Crippen molar-refractivity contribution in [2.24, 2.45) is 11.1 Å². The molecule has 19 heavy (non-hydrogen) atoms. The lowest BCUT2D eigenvalue weighted by atomic mass is 9.74. The van der Waals surface area contributed by atoms with Crippen molar-refractivity contribution in [3.63, 3.8) is 0 Å². The molecule has 0 aliphatic carbocycles. The Bertz CT molecular complexity index is 479. The van der Waals surface area contributed by atoms with Crippen molar-refractivity contribution in [2.75, 3.05) is 12.4 Å². The van der Waals surface area contributed by atoms with Crippen LogP contribution >= 0.6 is 0 Å². The third-order valence-electron chi connectivity index (χ3n) is 3.60. The van der Waals surface area contributed by atoms with Gasteiger partial charge in [0, 0.05) is 11.6 Å². The van der Waals surface area contributed by atoms with Crippen LogP contribution in [0.2, 0.25) is 0 Å². The first-order chi connectivity index (χ1) is 8.59. The van der Waals surface area contributed by atoms with Crippen LogP contribution in [0.4, 0.5) is 10.1 Å². The van der Waals surface area contributed by atoms with Crippen molar-refractivity contribution >= 4 is 11.6 Å². The molecule has 1 aromatic carbocycles. The van der Waals surface area contributed by atoms with Crippen LogP contribution in [0.1, 0.15) is 27.7 Å². The van der Waals surface area contributed by atoms with E-state index in [9.17, 15) is 9.18 Å². The number of nitrogens with one attached hydrogen (secondary N) is 1. The van der Waals surface area contributed by atoms with Crippen LogP contribution in [0.3, 0.4) is 0 Å². The normalized spacial score (nSPS) is 12.2. The molecule has 0 aliphatic heterocycles. The predicted molar refractivity (Wildman–Crippen MR) is 73.6 cm³/mol. The van der Waals surface area contributed by atoms with Gasteiger partial charge in [-0.3, -0.25) is 4.79 Å². The molecule has 0 saturated heterocycles. The van der Waals surface area contributed by atoms with Crippen LogP contribution in [0.15, 0.2) is 18.2 Å². The lowest BCUT2D eigenvalue weighted by Crippen LogP contribution is -2.53. The highest BCUT2D eigenvalue weighted by molar-refractivity contribution is 5.96. The van der Waals surface area contributed by atoms with Gasteiger partial charge in [0.2, 0.25) is 5.91 Å². The zero-order chi connectivity index (χ0) is 14.8. The molecule has 3 N–H and O–H groups in total. The summed E-state index contributed by atoms with van der Waals surface area (Å²) in [6.45, 7) is 6.96. The molecule has 0 fully saturated rings. The Hall–Kier alpha value is -1.62. The van der Waals surface area contributed by atoms with E-state index in [-0.39, 0.29) is 11.6 Å². The Labute approximate surface area is 113 Å². The van der Waals surface area contributed by atoms with Crippen molar-refractivity contribution in [2.45, 2.75) is 33.2 Å². The highest BCUT2D eigenvalue weighted by Gasteiger charge is 2.40. The van der Waals surface area contributed by atoms with Gasteiger partial charge in [0.25, 0.3) is 0 Å². The standard InChI is InChI=1S/C14H21FN2O2/c1-13(2,14(3,4)16)12(18)17-11-8-9(19-5)6-7-10(11)15/h6-8H,16H2,1-5H3,(H,17,18). The maximum absolute atomic E-state index is 13.6. The van der Waals surface area contributed by atoms with Gasteiger partial charge in [0.1, 0.15) is 11.6 Å². The van der Waals surface area contributed by atoms with E-state index in [1.165, 1.54) is 25.3 Å². The van der Waals surface area contributed by atoms with E-state index in [2.05, 4.69) is 5.32 Å². The van der Waals surface area contributed by atoms with Crippen molar-refractivity contribution in [3.8, 4) is 5.75 Å². The molecular weight excluding hydrogens is 247 g/mol. The number of carbonyl (C=O) groups is 1. The van der Waals surface area contributed by atoms with Gasteiger partial charge < -0.3 is 15.8 Å². The van der Waals surface area contributed by atoms with Crippen molar-refractivity contribution in [3.05, 3.63) is 24.0 Å². The van der Waals surface area contributed by atoms with Crippen molar-refractivity contribution in [1.29, 1.82) is 0 Å². The van der Waals surface area contributed by atoms with Gasteiger partial charge in [0.15, 0.2) is 0 Å². The fourth-order valence-corrected chi connectivity index (χ4v) is 1.30. The molecule has 1 amide bonds. The molecule has 0 spiro atoms. The van der Waals surface area contributed by atoms with Crippen LogP contribution in [0.25, 0.3) is 0 Å². The second-order valence-electron chi connectivity index (χ2n) is 5.65. The Morgan fingerprint density at radius 3 is 2.37 bits per heavy atom. The molecule has 0 atom stereocenters. The number of rotatable bonds is 4. The highest BCUT2D eigenvalue weighted by Crippen LogP contribution is 2.31. The second kappa shape index (κ2) is 5.17. The average molecular weight is 268 g/mol. The molecule has 0 aliphatic rings. The van der Waals surface area contributed by atoms with Gasteiger partial charge in [-0.1, -0.05) is 0 Å². The summed E-state index contributed by atoms with van der Waals surface area (Å²) in [6.07, 6.45) is 0. The summed E-state index contributed by atoms with van der Waals surface area (Å²) in [5.41, 5.74) is 4.49. The van der Waals surface area contributed by atoms with E-state index in [1.54, 1.807) is 27.7 Å². The van der Waals surface area contributed by atoms with E-state index in [1.807, 2.05) is 0 Å². The molecule has 0 unspecified atom stereocenters. The van der Waals surface area contributed by atoms with E-state index < -0.39 is 16.8 Å². The minimum Gasteiger partial charge on any atom is -0.497 e. The number of carbonyl (C=O) groups excluding carboxylic acids is 1. The molecule has 1 aromatic rings. The smallest absolute Gasteiger partial charge is 0.231 e. The number of methoxy groups -OCH3 is 1. The van der Waals surface area contributed by atoms with Gasteiger partial charge in [0.05, 0.1) is 18.2 Å². The number of nitrogens with two attached hydrogens (primary N) is 1. The summed E-state index contributed by atoms with van der Waals surface area (Å²) in [5.74, 6) is -0.381. The summed E-state index contributed by atoms with van der Waals surface area (Å²) in [5, 5.41) is 2.56. The quantitative estimate of drug-likeness (QED) is 0.882. The molecule has 0 heterocycles. The fraction of sp³-hybridized carbons (Fsp3) is 0.500. The largest absolute Gasteiger partial charge is 0.497 e. The second-order valence-corrected chi connectivity index (χ2v) is 5.65. The lowest BCUT2D eigenvalue weighted by molar-refractivity contribution is -0.126. The Morgan fingerprint density at radius 2 is 1.89 bits per heavy atom. The molecule has 0 radical (unpaired) electrons. The topological polar surface area (TPSA) is 64.3 Å². The molecule has 1 rings (SSSR count). The first-order valence-electron chi connectivity index (χ1n) is 6.03. The van der Waals surface area contributed by atoms with E-state index in [4.69, 9.17) is 10.5 Å². The highest BCUT2D eigenvalue weighted by atomic mass is 19.1. The van der Waals surface area contributed by atoms with E-state index in [0.29, 0.717) is 5.75 Å². The van der Waals surface area contributed by atoms with Crippen molar-refractivity contribution in [1.82, 2.24) is 0 Å². The van der Waals surface area contributed by atoms with E-state index in [0.717, 1.165) is 0 Å². The molecule has 0 aromatic heterocycles. The third kappa shape index (κ3) is 3.23. The number of benzene rings is 1. The number of anilines is 1. The number of amides is 1. The first-order valence-corrected chi connectivity index (χ1v) is 6.03. The summed E-state index contributed by atoms with van der Waals surface area (Å²) in [4.78, 5) is 12.2. The molecule has 4 nitrogen and oxygen atoms in total. The van der Waals surface area contributed by atoms with Gasteiger partial charge >= 0.3 is 0 Å². The fourth-order valence-electron chi connectivity index (χ4n) is 1.30. The minimum atomic E-state index is -0.845. The summed E-state index contributed by atoms with van der Waals surface area (Å²) in [7, 11) is 1.48. The monoisotopic (exact) mass is 268 g/mol. The number of hydrogen-bond acceptors (Lipinski definition) is 3. The van der Waals surface area contributed by atoms with Crippen LogP contribution < -0.4 is 15.8 Å². The van der Waals surface area contributed by atoms with Crippen LogP contribution in [0.5, 0.6) is 5.75 Å². The lowest BCUT2D eigenvalue weighted by Gasteiger charge is -2.36. The van der Waals surface area contributed by atoms with Crippen LogP contribution in [-0.4, -0.2) is 18.6 Å². The minimum absolute atomic E-state index is 0.0849. The number of halogens is 1. The molecular formula is C14H21FN2O2. The SMILES string of the molecule is COc1ccc(F)c(NC(=O)C(C)(C)C(C)(C)N)c1. The van der Waals surface area contributed by atoms with Crippen molar-refractivity contribution < 1.29 is 13.9 Å². The van der Waals surface area contributed by atoms with Crippen LogP contribution in [-0.2, 0) is 4.79 Å². The predicted octanol–water partition coefficient (Wildman–Crippen LogP) is 2.54. The first kappa shape index (κ1) is 15.4. The number of ether oxygens (including phenoxy) is 1. The van der Waals surface area contributed by atoms with E-state index >= 15 is 0 Å². The molecule has 106 valence electrons. The maximum atomic E-state index is 13.6. The maximum Gasteiger partial charge on any atom is 0.231 e. The third-order valence-corrected chi connectivity index (χ3v) is 3.60. The summed E-state index contributed by atoms with van der Waals surface area (Å²) in [6, 6.07) is 4.17. The van der Waals surface area contributed by atoms with Gasteiger partial charge in [-0.15, -0.1) is 0 Å². The average Bonchev–Trinajstić information content (AvgIpc) is 2.30. The van der Waals surface area contributed by atoms with Crippen LogP contribution in [0, 0.1) is 11.2 Å². The summed E-state index contributed by atoms with van der Waals surface area (Å²) >= 11 is 0. The zero-order valence-corrected chi connectivity index (χ0v) is 12.0.